The lowest BCUT2D eigenvalue weighted by Gasteiger charge is -2.10. The molecule has 0 amide bonds. The fourth-order valence-electron chi connectivity index (χ4n) is 1.35. The molecule has 1 aromatic carbocycles. The number of anilines is 2. The average Bonchev–Trinajstić information content (AvgIpc) is 2.26. The van der Waals surface area contributed by atoms with Crippen molar-refractivity contribution in [3.63, 3.8) is 0 Å². The predicted molar refractivity (Wildman–Crippen MR) is 77.1 cm³/mol. The molecule has 0 spiro atoms. The van der Waals surface area contributed by atoms with Crippen molar-refractivity contribution in [1.29, 1.82) is 0 Å². The quantitative estimate of drug-likeness (QED) is 0.584. The highest BCUT2D eigenvalue weighted by Crippen LogP contribution is 2.16. The maximum absolute atomic E-state index is 11.7. The fourth-order valence-corrected chi connectivity index (χ4v) is 2.73. The first-order chi connectivity index (χ1) is 9.22. The van der Waals surface area contributed by atoms with Crippen LogP contribution in [-0.4, -0.2) is 35.8 Å². The molecule has 1 rings (SSSR count). The van der Waals surface area contributed by atoms with Crippen molar-refractivity contribution in [1.82, 2.24) is 0 Å². The van der Waals surface area contributed by atoms with Gasteiger partial charge in [0.2, 0.25) is 10.0 Å². The summed E-state index contributed by atoms with van der Waals surface area (Å²) < 4.78 is 54.5. The fraction of sp³-hybridized carbons (Fsp3) is 0.400. The lowest BCUT2D eigenvalue weighted by molar-refractivity contribution is 0.163. The van der Waals surface area contributed by atoms with E-state index in [2.05, 4.69) is 9.44 Å². The Labute approximate surface area is 118 Å². The molecule has 0 aromatic heterocycles. The monoisotopic (exact) mass is 323 g/mol. The van der Waals surface area contributed by atoms with Crippen LogP contribution in [0.15, 0.2) is 24.3 Å². The Bertz CT molecular complexity index is 643. The third kappa shape index (κ3) is 6.70. The number of nitrogens with one attached hydrogen (secondary N) is 2. The predicted octanol–water partition coefficient (Wildman–Crippen LogP) is 0.0802. The topological polar surface area (TPSA) is 128 Å². The minimum atomic E-state index is -3.90. The molecule has 0 saturated carbocycles. The summed E-state index contributed by atoms with van der Waals surface area (Å²) in [6.07, 6.45) is 0. The minimum Gasteiger partial charge on any atom is -0.381 e. The van der Waals surface area contributed by atoms with Gasteiger partial charge >= 0.3 is 0 Å². The van der Waals surface area contributed by atoms with E-state index in [1.54, 1.807) is 6.92 Å². The van der Waals surface area contributed by atoms with Crippen LogP contribution in [0, 0.1) is 0 Å². The number of sulfonamides is 1. The zero-order valence-corrected chi connectivity index (χ0v) is 12.5. The number of hydrogen-bond donors (Lipinski definition) is 3. The third-order valence-electron chi connectivity index (χ3n) is 2.10. The van der Waals surface area contributed by atoms with Crippen LogP contribution in [0.2, 0.25) is 0 Å². The molecule has 0 aliphatic carbocycles. The lowest BCUT2D eigenvalue weighted by atomic mass is 10.3. The van der Waals surface area contributed by atoms with Gasteiger partial charge in [0.15, 0.2) is 0 Å². The highest BCUT2D eigenvalue weighted by Gasteiger charge is 2.11. The van der Waals surface area contributed by atoms with Gasteiger partial charge in [0.25, 0.3) is 10.2 Å². The summed E-state index contributed by atoms with van der Waals surface area (Å²) >= 11 is 0. The van der Waals surface area contributed by atoms with Crippen molar-refractivity contribution in [2.75, 3.05) is 28.4 Å². The van der Waals surface area contributed by atoms with E-state index in [0.29, 0.717) is 6.61 Å². The average molecular weight is 323 g/mol. The van der Waals surface area contributed by atoms with Crippen LogP contribution >= 0.6 is 0 Å². The lowest BCUT2D eigenvalue weighted by Crippen LogP contribution is -2.22. The van der Waals surface area contributed by atoms with Gasteiger partial charge in [0.05, 0.1) is 23.7 Å². The summed E-state index contributed by atoms with van der Waals surface area (Å²) in [5.41, 5.74) is 0.396. The van der Waals surface area contributed by atoms with Gasteiger partial charge in [-0.25, -0.2) is 13.6 Å². The van der Waals surface area contributed by atoms with Gasteiger partial charge in [-0.3, -0.25) is 9.44 Å². The number of hydrogen-bond acceptors (Lipinski definition) is 5. The highest BCUT2D eigenvalue weighted by molar-refractivity contribution is 7.92. The first-order valence-corrected chi connectivity index (χ1v) is 8.90. The van der Waals surface area contributed by atoms with Crippen LogP contribution in [0.1, 0.15) is 6.92 Å². The molecule has 20 heavy (non-hydrogen) atoms. The zero-order chi connectivity index (χ0) is 15.2. The Morgan fingerprint density at radius 2 is 1.75 bits per heavy atom. The van der Waals surface area contributed by atoms with Gasteiger partial charge in [-0.05, 0) is 25.1 Å². The first kappa shape index (κ1) is 16.7. The van der Waals surface area contributed by atoms with E-state index in [1.165, 1.54) is 24.3 Å². The van der Waals surface area contributed by atoms with E-state index in [9.17, 15) is 16.8 Å². The molecule has 8 nitrogen and oxygen atoms in total. The van der Waals surface area contributed by atoms with Crippen LogP contribution in [0.4, 0.5) is 11.4 Å². The van der Waals surface area contributed by atoms with Crippen LogP contribution < -0.4 is 14.6 Å². The van der Waals surface area contributed by atoms with Gasteiger partial charge in [0.1, 0.15) is 0 Å². The molecular formula is C10H17N3O5S2. The summed E-state index contributed by atoms with van der Waals surface area (Å²) in [5.74, 6) is -0.187. The van der Waals surface area contributed by atoms with Crippen molar-refractivity contribution in [3.05, 3.63) is 24.3 Å². The Hall–Kier alpha value is -1.36. The van der Waals surface area contributed by atoms with Crippen molar-refractivity contribution in [2.45, 2.75) is 6.92 Å². The van der Waals surface area contributed by atoms with Gasteiger partial charge in [-0.1, -0.05) is 6.07 Å². The zero-order valence-electron chi connectivity index (χ0n) is 10.9. The van der Waals surface area contributed by atoms with Gasteiger partial charge in [0, 0.05) is 6.61 Å². The van der Waals surface area contributed by atoms with E-state index in [-0.39, 0.29) is 23.7 Å². The van der Waals surface area contributed by atoms with Gasteiger partial charge in [-0.15, -0.1) is 0 Å². The van der Waals surface area contributed by atoms with Crippen molar-refractivity contribution >= 4 is 31.6 Å². The maximum atomic E-state index is 11.7. The second kappa shape index (κ2) is 6.88. The van der Waals surface area contributed by atoms with E-state index in [4.69, 9.17) is 9.88 Å². The summed E-state index contributed by atoms with van der Waals surface area (Å²) in [5, 5.41) is 4.83. The smallest absolute Gasteiger partial charge is 0.296 e. The van der Waals surface area contributed by atoms with Gasteiger partial charge in [-0.2, -0.15) is 8.42 Å². The molecule has 0 heterocycles. The molecule has 0 radical (unpaired) electrons. The van der Waals surface area contributed by atoms with Crippen LogP contribution in [-0.2, 0) is 25.0 Å². The van der Waals surface area contributed by atoms with Crippen molar-refractivity contribution in [3.8, 4) is 0 Å². The summed E-state index contributed by atoms with van der Waals surface area (Å²) in [6, 6.07) is 5.76. The SMILES string of the molecule is CCOCCS(=O)(=O)Nc1cccc(NS(N)(=O)=O)c1. The highest BCUT2D eigenvalue weighted by atomic mass is 32.2. The molecule has 0 aliphatic heterocycles. The van der Waals surface area contributed by atoms with E-state index >= 15 is 0 Å². The number of ether oxygens (including phenoxy) is 1. The Morgan fingerprint density at radius 1 is 1.15 bits per heavy atom. The Morgan fingerprint density at radius 3 is 2.30 bits per heavy atom. The largest absolute Gasteiger partial charge is 0.381 e. The van der Waals surface area contributed by atoms with E-state index in [1.807, 2.05) is 0 Å². The number of benzene rings is 1. The van der Waals surface area contributed by atoms with E-state index < -0.39 is 20.2 Å². The van der Waals surface area contributed by atoms with Crippen molar-refractivity contribution in [2.24, 2.45) is 5.14 Å². The van der Waals surface area contributed by atoms with E-state index in [0.717, 1.165) is 0 Å². The summed E-state index contributed by atoms with van der Waals surface area (Å²) in [6.45, 7) is 2.28. The standard InChI is InChI=1S/C10H17N3O5S2/c1-2-18-6-7-19(14,15)12-9-4-3-5-10(8-9)13-20(11,16)17/h3-5,8,12-13H,2,6-7H2,1H3,(H2,11,16,17). The minimum absolute atomic E-state index is 0.0843. The second-order valence-corrected chi connectivity index (χ2v) is 6.98. The summed E-state index contributed by atoms with van der Waals surface area (Å²) in [7, 11) is -7.45. The summed E-state index contributed by atoms with van der Waals surface area (Å²) in [4.78, 5) is 0. The normalized spacial score (nSPS) is 12.1. The first-order valence-electron chi connectivity index (χ1n) is 5.71. The Balaban J connectivity index is 2.75. The van der Waals surface area contributed by atoms with Crippen LogP contribution in [0.25, 0.3) is 0 Å². The second-order valence-electron chi connectivity index (χ2n) is 3.85. The molecule has 0 unspecified atom stereocenters. The molecule has 0 bridgehead atoms. The van der Waals surface area contributed by atoms with Crippen molar-refractivity contribution < 1.29 is 21.6 Å². The Kier molecular flexibility index (Phi) is 5.74. The third-order valence-corrected chi connectivity index (χ3v) is 3.87. The van der Waals surface area contributed by atoms with Gasteiger partial charge < -0.3 is 4.74 Å². The molecule has 0 saturated heterocycles. The molecule has 114 valence electrons. The number of nitrogens with two attached hydrogens (primary N) is 1. The number of rotatable bonds is 8. The molecule has 0 aliphatic rings. The molecule has 0 fully saturated rings. The molecule has 4 N–H and O–H groups in total. The molecule has 0 atom stereocenters. The van der Waals surface area contributed by atoms with Crippen LogP contribution in [0.5, 0.6) is 0 Å². The molecule has 10 heteroatoms. The molecule has 1 aromatic rings. The van der Waals surface area contributed by atoms with Crippen LogP contribution in [0.3, 0.4) is 0 Å². The maximum Gasteiger partial charge on any atom is 0.296 e. The molecular weight excluding hydrogens is 306 g/mol.